The second-order valence-corrected chi connectivity index (χ2v) is 6.22. The average Bonchev–Trinajstić information content (AvgIpc) is 2.87. The Morgan fingerprint density at radius 1 is 1.30 bits per heavy atom. The lowest BCUT2D eigenvalue weighted by molar-refractivity contribution is 0.0491. The van der Waals surface area contributed by atoms with Crippen LogP contribution in [0.3, 0.4) is 0 Å². The molecular formula is C16H27N3O. The molecule has 0 unspecified atom stereocenters. The summed E-state index contributed by atoms with van der Waals surface area (Å²) in [6.45, 7) is 11.6. The van der Waals surface area contributed by atoms with Gasteiger partial charge in [0.15, 0.2) is 0 Å². The second-order valence-electron chi connectivity index (χ2n) is 6.22. The maximum atomic E-state index is 5.97. The summed E-state index contributed by atoms with van der Waals surface area (Å²) in [5.74, 6) is 0.717. The molecule has 1 aliphatic heterocycles. The minimum Gasteiger partial charge on any atom is -0.377 e. The fraction of sp³-hybridized carbons (Fsp3) is 0.750. The summed E-state index contributed by atoms with van der Waals surface area (Å²) in [5, 5.41) is 0. The van der Waals surface area contributed by atoms with E-state index in [4.69, 9.17) is 4.74 Å². The molecule has 20 heavy (non-hydrogen) atoms. The minimum absolute atomic E-state index is 0.321. The van der Waals surface area contributed by atoms with Gasteiger partial charge < -0.3 is 4.74 Å². The third-order valence-corrected chi connectivity index (χ3v) is 4.00. The highest BCUT2D eigenvalue weighted by molar-refractivity contribution is 5.06. The number of aryl methyl sites for hydroxylation is 1. The van der Waals surface area contributed by atoms with Gasteiger partial charge in [0, 0.05) is 25.9 Å². The van der Waals surface area contributed by atoms with Crippen LogP contribution in [-0.2, 0) is 4.74 Å². The van der Waals surface area contributed by atoms with Crippen molar-refractivity contribution in [2.75, 3.05) is 19.7 Å². The molecule has 1 aromatic heterocycles. The number of aromatic nitrogens is 2. The van der Waals surface area contributed by atoms with E-state index in [0.717, 1.165) is 43.9 Å². The summed E-state index contributed by atoms with van der Waals surface area (Å²) < 4.78 is 5.97. The van der Waals surface area contributed by atoms with Crippen molar-refractivity contribution in [3.05, 3.63) is 23.8 Å². The summed E-state index contributed by atoms with van der Waals surface area (Å²) in [6.07, 6.45) is 6.40. The van der Waals surface area contributed by atoms with Crippen molar-refractivity contribution in [1.82, 2.24) is 14.9 Å². The van der Waals surface area contributed by atoms with Crippen LogP contribution in [0.5, 0.6) is 0 Å². The van der Waals surface area contributed by atoms with Gasteiger partial charge in [-0.2, -0.15) is 0 Å². The first-order valence-corrected chi connectivity index (χ1v) is 7.70. The van der Waals surface area contributed by atoms with Gasteiger partial charge in [0.2, 0.25) is 0 Å². The molecule has 112 valence electrons. The van der Waals surface area contributed by atoms with Crippen LogP contribution in [0.25, 0.3) is 0 Å². The van der Waals surface area contributed by atoms with Crippen molar-refractivity contribution in [1.29, 1.82) is 0 Å². The van der Waals surface area contributed by atoms with Crippen LogP contribution in [0.2, 0.25) is 0 Å². The first kappa shape index (κ1) is 15.4. The molecule has 0 radical (unpaired) electrons. The van der Waals surface area contributed by atoms with Crippen molar-refractivity contribution in [3.63, 3.8) is 0 Å². The van der Waals surface area contributed by atoms with E-state index in [9.17, 15) is 0 Å². The number of hydrogen-bond donors (Lipinski definition) is 0. The van der Waals surface area contributed by atoms with Crippen LogP contribution in [0.4, 0.5) is 0 Å². The molecule has 2 atom stereocenters. The van der Waals surface area contributed by atoms with Gasteiger partial charge in [0.25, 0.3) is 0 Å². The zero-order chi connectivity index (χ0) is 14.5. The molecule has 0 amide bonds. The summed E-state index contributed by atoms with van der Waals surface area (Å²) in [6, 6.07) is 0.321. The maximum Gasteiger partial charge on any atom is 0.0755 e. The Morgan fingerprint density at radius 3 is 2.75 bits per heavy atom. The number of likely N-dealkylation sites (tertiary alicyclic amines) is 1. The van der Waals surface area contributed by atoms with E-state index in [2.05, 4.69) is 35.6 Å². The Bertz CT molecular complexity index is 405. The van der Waals surface area contributed by atoms with Crippen molar-refractivity contribution in [2.24, 2.45) is 5.92 Å². The van der Waals surface area contributed by atoms with Crippen LogP contribution in [0.1, 0.15) is 51.0 Å². The van der Waals surface area contributed by atoms with E-state index in [1.807, 2.05) is 19.3 Å². The lowest BCUT2D eigenvalue weighted by Gasteiger charge is -2.23. The highest BCUT2D eigenvalue weighted by atomic mass is 16.5. The van der Waals surface area contributed by atoms with E-state index >= 15 is 0 Å². The largest absolute Gasteiger partial charge is 0.377 e. The molecular weight excluding hydrogens is 250 g/mol. The lowest BCUT2D eigenvalue weighted by atomic mass is 10.1. The minimum atomic E-state index is 0.321. The third kappa shape index (κ3) is 4.25. The molecule has 1 fully saturated rings. The van der Waals surface area contributed by atoms with Gasteiger partial charge in [-0.3, -0.25) is 14.9 Å². The molecule has 4 nitrogen and oxygen atoms in total. The number of rotatable bonds is 6. The van der Waals surface area contributed by atoms with Crippen molar-refractivity contribution < 1.29 is 4.74 Å². The quantitative estimate of drug-likeness (QED) is 0.801. The molecule has 0 N–H and O–H groups in total. The molecule has 2 heterocycles. The van der Waals surface area contributed by atoms with E-state index in [1.165, 1.54) is 0 Å². The molecule has 0 aliphatic carbocycles. The Labute approximate surface area is 122 Å². The van der Waals surface area contributed by atoms with Crippen molar-refractivity contribution >= 4 is 0 Å². The molecule has 0 saturated carbocycles. The SMILES string of the molecule is Cc1cnc([C@H](C)N2CC[C@@H](OCCC(C)C)C2)cn1. The van der Waals surface area contributed by atoms with Gasteiger partial charge in [-0.1, -0.05) is 13.8 Å². The van der Waals surface area contributed by atoms with Gasteiger partial charge in [0.1, 0.15) is 0 Å². The number of hydrogen-bond acceptors (Lipinski definition) is 4. The summed E-state index contributed by atoms with van der Waals surface area (Å²) >= 11 is 0. The summed E-state index contributed by atoms with van der Waals surface area (Å²) in [7, 11) is 0. The smallest absolute Gasteiger partial charge is 0.0755 e. The van der Waals surface area contributed by atoms with Gasteiger partial charge in [-0.05, 0) is 32.6 Å². The lowest BCUT2D eigenvalue weighted by Crippen LogP contribution is -2.27. The Morgan fingerprint density at radius 2 is 2.10 bits per heavy atom. The monoisotopic (exact) mass is 277 g/mol. The van der Waals surface area contributed by atoms with E-state index in [0.29, 0.717) is 18.1 Å². The molecule has 0 spiro atoms. The molecule has 1 aromatic rings. The van der Waals surface area contributed by atoms with Crippen LogP contribution >= 0.6 is 0 Å². The topological polar surface area (TPSA) is 38.2 Å². The first-order valence-electron chi connectivity index (χ1n) is 7.70. The molecule has 1 aliphatic rings. The standard InChI is InChI=1S/C16H27N3O/c1-12(2)6-8-20-15-5-7-19(11-15)14(4)16-10-17-13(3)9-18-16/h9-10,12,14-15H,5-8,11H2,1-4H3/t14-,15+/m0/s1. The van der Waals surface area contributed by atoms with Gasteiger partial charge in [-0.25, -0.2) is 0 Å². The number of nitrogens with zero attached hydrogens (tertiary/aromatic N) is 3. The van der Waals surface area contributed by atoms with E-state index in [1.54, 1.807) is 0 Å². The Hall–Kier alpha value is -1.00. The predicted octanol–water partition coefficient (Wildman–Crippen LogP) is 2.98. The third-order valence-electron chi connectivity index (χ3n) is 4.00. The molecule has 1 saturated heterocycles. The van der Waals surface area contributed by atoms with Gasteiger partial charge in [-0.15, -0.1) is 0 Å². The molecule has 4 heteroatoms. The average molecular weight is 277 g/mol. The Balaban J connectivity index is 1.81. The fourth-order valence-electron chi connectivity index (χ4n) is 2.52. The number of ether oxygens (including phenoxy) is 1. The molecule has 0 aromatic carbocycles. The van der Waals surface area contributed by atoms with Crippen LogP contribution < -0.4 is 0 Å². The highest BCUT2D eigenvalue weighted by Crippen LogP contribution is 2.24. The first-order chi connectivity index (χ1) is 9.56. The zero-order valence-corrected chi connectivity index (χ0v) is 13.2. The van der Waals surface area contributed by atoms with Crippen LogP contribution in [-0.4, -0.2) is 40.7 Å². The van der Waals surface area contributed by atoms with E-state index in [-0.39, 0.29) is 0 Å². The van der Waals surface area contributed by atoms with E-state index < -0.39 is 0 Å². The zero-order valence-electron chi connectivity index (χ0n) is 13.2. The normalized spacial score (nSPS) is 21.6. The molecule has 0 bridgehead atoms. The van der Waals surface area contributed by atoms with Crippen molar-refractivity contribution in [3.8, 4) is 0 Å². The molecule has 2 rings (SSSR count). The summed E-state index contributed by atoms with van der Waals surface area (Å²) in [5.41, 5.74) is 2.02. The summed E-state index contributed by atoms with van der Waals surface area (Å²) in [4.78, 5) is 11.3. The van der Waals surface area contributed by atoms with Gasteiger partial charge in [0.05, 0.1) is 29.7 Å². The fourth-order valence-corrected chi connectivity index (χ4v) is 2.52. The van der Waals surface area contributed by atoms with Gasteiger partial charge >= 0.3 is 0 Å². The highest BCUT2D eigenvalue weighted by Gasteiger charge is 2.27. The predicted molar refractivity (Wildman–Crippen MR) is 80.6 cm³/mol. The second kappa shape index (κ2) is 7.14. The van der Waals surface area contributed by atoms with Crippen molar-refractivity contribution in [2.45, 2.75) is 52.7 Å². The van der Waals surface area contributed by atoms with Crippen LogP contribution in [0.15, 0.2) is 12.4 Å². The van der Waals surface area contributed by atoms with Crippen LogP contribution in [0, 0.1) is 12.8 Å². The maximum absolute atomic E-state index is 5.97. The Kier molecular flexibility index (Phi) is 5.49.